The highest BCUT2D eigenvalue weighted by atomic mass is 32.2. The zero-order valence-corrected chi connectivity index (χ0v) is 15.1. The minimum Gasteiger partial charge on any atom is -0.362 e. The second-order valence-corrected chi connectivity index (χ2v) is 7.92. The van der Waals surface area contributed by atoms with Gasteiger partial charge >= 0.3 is 0 Å². The van der Waals surface area contributed by atoms with Gasteiger partial charge in [0.2, 0.25) is 5.91 Å². The van der Waals surface area contributed by atoms with E-state index in [9.17, 15) is 23.3 Å². The van der Waals surface area contributed by atoms with Crippen molar-refractivity contribution < 1.29 is 18.1 Å². The maximum atomic E-state index is 12.0. The molecule has 1 saturated heterocycles. The molecule has 1 aromatic carbocycles. The summed E-state index contributed by atoms with van der Waals surface area (Å²) in [6.45, 7) is 2.49. The lowest BCUT2D eigenvalue weighted by molar-refractivity contribution is -0.384. The number of rotatable bonds is 6. The fraction of sp³-hybridized carbons (Fsp3) is 0.533. The molecular weight excluding hydrogens is 348 g/mol. The Morgan fingerprint density at radius 3 is 2.44 bits per heavy atom. The summed E-state index contributed by atoms with van der Waals surface area (Å²) in [6, 6.07) is 3.93. The summed E-state index contributed by atoms with van der Waals surface area (Å²) in [4.78, 5) is 26.3. The smallest absolute Gasteiger partial charge is 0.293 e. The monoisotopic (exact) mass is 370 g/mol. The van der Waals surface area contributed by atoms with E-state index in [1.54, 1.807) is 11.9 Å². The Labute approximate surface area is 146 Å². The van der Waals surface area contributed by atoms with Crippen LogP contribution in [0.1, 0.15) is 6.42 Å². The molecule has 10 heteroatoms. The summed E-state index contributed by atoms with van der Waals surface area (Å²) >= 11 is 0. The lowest BCUT2D eigenvalue weighted by atomic mass is 10.2. The number of anilines is 1. The number of nitro benzene ring substituents is 1. The predicted octanol–water partition coefficient (Wildman–Crippen LogP) is 0.256. The number of nitrogens with one attached hydrogen (secondary N) is 1. The molecule has 1 amide bonds. The van der Waals surface area contributed by atoms with Gasteiger partial charge in [-0.3, -0.25) is 14.9 Å². The predicted molar refractivity (Wildman–Crippen MR) is 93.5 cm³/mol. The van der Waals surface area contributed by atoms with Crippen LogP contribution in [0.2, 0.25) is 0 Å². The topological polar surface area (TPSA) is 113 Å². The molecule has 0 bridgehead atoms. The van der Waals surface area contributed by atoms with E-state index in [4.69, 9.17) is 0 Å². The van der Waals surface area contributed by atoms with E-state index in [0.717, 1.165) is 12.3 Å². The Kier molecular flexibility index (Phi) is 5.96. The molecule has 2 rings (SSSR count). The second kappa shape index (κ2) is 7.79. The van der Waals surface area contributed by atoms with E-state index < -0.39 is 14.8 Å². The van der Waals surface area contributed by atoms with Crippen molar-refractivity contribution in [3.8, 4) is 0 Å². The fourth-order valence-electron chi connectivity index (χ4n) is 2.73. The van der Waals surface area contributed by atoms with E-state index in [-0.39, 0.29) is 16.5 Å². The first-order valence-corrected chi connectivity index (χ1v) is 9.79. The van der Waals surface area contributed by atoms with Gasteiger partial charge in [-0.15, -0.1) is 0 Å². The van der Waals surface area contributed by atoms with Crippen molar-refractivity contribution in [2.24, 2.45) is 0 Å². The zero-order valence-electron chi connectivity index (χ0n) is 14.3. The van der Waals surface area contributed by atoms with E-state index in [1.165, 1.54) is 12.1 Å². The lowest BCUT2D eigenvalue weighted by Gasteiger charge is -2.36. The Morgan fingerprint density at radius 2 is 1.92 bits per heavy atom. The number of nitrogens with zero attached hydrogens (tertiary/aromatic N) is 3. The quantitative estimate of drug-likeness (QED) is 0.564. The van der Waals surface area contributed by atoms with E-state index in [1.807, 2.05) is 4.90 Å². The number of nitro groups is 1. The number of hydrogen-bond donors (Lipinski definition) is 1. The van der Waals surface area contributed by atoms with Gasteiger partial charge in [-0.2, -0.15) is 0 Å². The summed E-state index contributed by atoms with van der Waals surface area (Å²) in [5.74, 6) is 0.0518. The van der Waals surface area contributed by atoms with Crippen LogP contribution in [0.3, 0.4) is 0 Å². The molecule has 138 valence electrons. The summed E-state index contributed by atoms with van der Waals surface area (Å²) in [5, 5.41) is 14.3. The van der Waals surface area contributed by atoms with Crippen LogP contribution in [-0.2, 0) is 14.6 Å². The largest absolute Gasteiger partial charge is 0.362 e. The molecule has 1 aromatic rings. The van der Waals surface area contributed by atoms with Crippen molar-refractivity contribution in [1.82, 2.24) is 10.2 Å². The van der Waals surface area contributed by atoms with Crippen molar-refractivity contribution in [2.45, 2.75) is 11.3 Å². The lowest BCUT2D eigenvalue weighted by Crippen LogP contribution is -2.49. The SMILES string of the molecule is CNCCC(=O)N1CCN(c2ccc(S(C)(=O)=O)cc2[N+](=O)[O-])CC1. The highest BCUT2D eigenvalue weighted by molar-refractivity contribution is 7.90. The highest BCUT2D eigenvalue weighted by Gasteiger charge is 2.26. The first-order chi connectivity index (χ1) is 11.7. The van der Waals surface area contributed by atoms with Gasteiger partial charge < -0.3 is 15.1 Å². The first-order valence-electron chi connectivity index (χ1n) is 7.90. The summed E-state index contributed by atoms with van der Waals surface area (Å²) in [5.41, 5.74) is 0.137. The van der Waals surface area contributed by atoms with E-state index >= 15 is 0 Å². The van der Waals surface area contributed by atoms with Crippen LogP contribution in [0.5, 0.6) is 0 Å². The molecule has 1 N–H and O–H groups in total. The Hall–Kier alpha value is -2.20. The Balaban J connectivity index is 2.15. The molecule has 1 heterocycles. The van der Waals surface area contributed by atoms with Crippen LogP contribution in [-0.4, -0.2) is 70.2 Å². The fourth-order valence-corrected chi connectivity index (χ4v) is 3.38. The van der Waals surface area contributed by atoms with E-state index in [2.05, 4.69) is 5.32 Å². The van der Waals surface area contributed by atoms with Gasteiger partial charge in [0, 0.05) is 51.5 Å². The van der Waals surface area contributed by atoms with Crippen molar-refractivity contribution >= 4 is 27.1 Å². The molecule has 0 spiro atoms. The standard InChI is InChI=1S/C15H22N4O5S/c1-16-6-5-15(20)18-9-7-17(8-10-18)13-4-3-12(25(2,23)24)11-14(13)19(21)22/h3-4,11,16H,5-10H2,1-2H3. The second-order valence-electron chi connectivity index (χ2n) is 5.90. The molecule has 25 heavy (non-hydrogen) atoms. The third-order valence-corrected chi connectivity index (χ3v) is 5.24. The minimum atomic E-state index is -3.52. The number of amides is 1. The van der Waals surface area contributed by atoms with Crippen LogP contribution < -0.4 is 10.2 Å². The summed E-state index contributed by atoms with van der Waals surface area (Å²) in [7, 11) is -1.73. The van der Waals surface area contributed by atoms with Gasteiger partial charge in [0.1, 0.15) is 5.69 Å². The molecule has 1 aliphatic heterocycles. The van der Waals surface area contributed by atoms with Gasteiger partial charge in [0.25, 0.3) is 5.69 Å². The summed E-state index contributed by atoms with van der Waals surface area (Å²) < 4.78 is 23.2. The molecular formula is C15H22N4O5S. The number of sulfone groups is 1. The zero-order chi connectivity index (χ0) is 18.6. The molecule has 0 aromatic heterocycles. The van der Waals surface area contributed by atoms with Gasteiger partial charge in [-0.05, 0) is 19.2 Å². The molecule has 9 nitrogen and oxygen atoms in total. The van der Waals surface area contributed by atoms with Crippen LogP contribution in [0, 0.1) is 10.1 Å². The summed E-state index contributed by atoms with van der Waals surface area (Å²) in [6.07, 6.45) is 1.43. The van der Waals surface area contributed by atoms with Crippen molar-refractivity contribution in [1.29, 1.82) is 0 Å². The third-order valence-electron chi connectivity index (χ3n) is 4.13. The molecule has 0 atom stereocenters. The Bertz CT molecular complexity index is 757. The molecule has 0 saturated carbocycles. The van der Waals surface area contributed by atoms with E-state index in [0.29, 0.717) is 44.8 Å². The molecule has 1 fully saturated rings. The number of benzene rings is 1. The average molecular weight is 370 g/mol. The van der Waals surface area contributed by atoms with Crippen molar-refractivity contribution in [2.75, 3.05) is 50.9 Å². The number of carbonyl (C=O) groups is 1. The molecule has 0 aliphatic carbocycles. The highest BCUT2D eigenvalue weighted by Crippen LogP contribution is 2.31. The van der Waals surface area contributed by atoms with Crippen LogP contribution in [0.25, 0.3) is 0 Å². The maximum absolute atomic E-state index is 12.0. The van der Waals surface area contributed by atoms with Gasteiger partial charge in [-0.25, -0.2) is 8.42 Å². The average Bonchev–Trinajstić information content (AvgIpc) is 2.58. The van der Waals surface area contributed by atoms with Gasteiger partial charge in [0.15, 0.2) is 9.84 Å². The van der Waals surface area contributed by atoms with Crippen LogP contribution >= 0.6 is 0 Å². The third kappa shape index (κ3) is 4.67. The van der Waals surface area contributed by atoms with Crippen LogP contribution in [0.15, 0.2) is 23.1 Å². The molecule has 0 unspecified atom stereocenters. The molecule has 0 radical (unpaired) electrons. The maximum Gasteiger partial charge on any atom is 0.293 e. The number of piperazine rings is 1. The van der Waals surface area contributed by atoms with Crippen molar-refractivity contribution in [3.63, 3.8) is 0 Å². The van der Waals surface area contributed by atoms with Crippen LogP contribution in [0.4, 0.5) is 11.4 Å². The molecule has 1 aliphatic rings. The first kappa shape index (κ1) is 19.1. The normalized spacial score (nSPS) is 15.3. The number of hydrogen-bond acceptors (Lipinski definition) is 7. The minimum absolute atomic E-state index is 0.0518. The Morgan fingerprint density at radius 1 is 1.28 bits per heavy atom. The van der Waals surface area contributed by atoms with Crippen molar-refractivity contribution in [3.05, 3.63) is 28.3 Å². The van der Waals surface area contributed by atoms with Gasteiger partial charge in [-0.1, -0.05) is 0 Å². The number of carbonyl (C=O) groups excluding carboxylic acids is 1. The van der Waals surface area contributed by atoms with Gasteiger partial charge in [0.05, 0.1) is 9.82 Å².